The van der Waals surface area contributed by atoms with Crippen LogP contribution < -0.4 is 4.74 Å². The third kappa shape index (κ3) is 6.10. The van der Waals surface area contributed by atoms with Crippen molar-refractivity contribution in [2.75, 3.05) is 32.7 Å². The first kappa shape index (κ1) is 19.4. The first-order valence-electron chi connectivity index (χ1n) is 9.99. The number of amides is 1. The molecule has 4 nitrogen and oxygen atoms in total. The monoisotopic (exact) mass is 366 g/mol. The van der Waals surface area contributed by atoms with Crippen molar-refractivity contribution in [2.45, 2.75) is 32.3 Å². The van der Waals surface area contributed by atoms with E-state index < -0.39 is 6.10 Å². The molecule has 1 fully saturated rings. The van der Waals surface area contributed by atoms with E-state index in [1.54, 1.807) is 0 Å². The van der Waals surface area contributed by atoms with Gasteiger partial charge in [-0.2, -0.15) is 0 Å². The topological polar surface area (TPSA) is 32.8 Å². The molecule has 144 valence electrons. The second-order valence-corrected chi connectivity index (χ2v) is 7.18. The van der Waals surface area contributed by atoms with E-state index in [0.717, 1.165) is 57.7 Å². The third-order valence-electron chi connectivity index (χ3n) is 5.09. The summed E-state index contributed by atoms with van der Waals surface area (Å²) in [7, 11) is 0. The second kappa shape index (κ2) is 10.1. The number of para-hydroxylation sites is 1. The molecule has 0 spiro atoms. The van der Waals surface area contributed by atoms with Gasteiger partial charge in [0.25, 0.3) is 5.91 Å². The largest absolute Gasteiger partial charge is 0.481 e. The highest BCUT2D eigenvalue weighted by Crippen LogP contribution is 2.13. The molecule has 27 heavy (non-hydrogen) atoms. The van der Waals surface area contributed by atoms with Gasteiger partial charge in [-0.3, -0.25) is 4.79 Å². The molecule has 1 saturated heterocycles. The minimum Gasteiger partial charge on any atom is -0.481 e. The first-order chi connectivity index (χ1) is 13.2. The Morgan fingerprint density at radius 1 is 0.963 bits per heavy atom. The molecule has 3 rings (SSSR count). The van der Waals surface area contributed by atoms with Gasteiger partial charge in [0.1, 0.15) is 5.75 Å². The van der Waals surface area contributed by atoms with Gasteiger partial charge >= 0.3 is 0 Å². The number of aryl methyl sites for hydroxylation is 1. The van der Waals surface area contributed by atoms with Gasteiger partial charge in [0.2, 0.25) is 0 Å². The molecule has 0 unspecified atom stereocenters. The molecule has 2 aromatic rings. The predicted molar refractivity (Wildman–Crippen MR) is 109 cm³/mol. The summed E-state index contributed by atoms with van der Waals surface area (Å²) in [6.45, 7) is 6.54. The molecule has 0 aromatic heterocycles. The second-order valence-electron chi connectivity index (χ2n) is 7.18. The van der Waals surface area contributed by atoms with Crippen LogP contribution in [0.15, 0.2) is 60.7 Å². The summed E-state index contributed by atoms with van der Waals surface area (Å²) in [6, 6.07) is 20.2. The van der Waals surface area contributed by atoms with Gasteiger partial charge in [0.15, 0.2) is 6.10 Å². The zero-order valence-corrected chi connectivity index (χ0v) is 16.2. The number of rotatable bonds is 7. The fourth-order valence-corrected chi connectivity index (χ4v) is 3.58. The molecular weight excluding hydrogens is 336 g/mol. The lowest BCUT2D eigenvalue weighted by atomic mass is 10.1. The average molecular weight is 367 g/mol. The Kier molecular flexibility index (Phi) is 7.28. The summed E-state index contributed by atoms with van der Waals surface area (Å²) < 4.78 is 5.81. The Hall–Kier alpha value is -2.33. The molecule has 1 amide bonds. The van der Waals surface area contributed by atoms with Crippen LogP contribution in [-0.4, -0.2) is 54.5 Å². The molecule has 0 radical (unpaired) electrons. The van der Waals surface area contributed by atoms with Crippen molar-refractivity contribution in [3.8, 4) is 5.75 Å². The molecule has 2 aromatic carbocycles. The SMILES string of the molecule is C[C@@H](Oc1ccccc1)C(=O)N1CCCN(CCCc2ccccc2)CC1. The summed E-state index contributed by atoms with van der Waals surface area (Å²) in [5.74, 6) is 0.834. The Labute approximate surface area is 162 Å². The quantitative estimate of drug-likeness (QED) is 0.750. The van der Waals surface area contributed by atoms with Crippen LogP contribution in [0.5, 0.6) is 5.75 Å². The Morgan fingerprint density at radius 2 is 1.67 bits per heavy atom. The number of carbonyl (C=O) groups is 1. The predicted octanol–water partition coefficient (Wildman–Crippen LogP) is 3.62. The molecule has 1 atom stereocenters. The molecule has 0 aliphatic carbocycles. The standard InChI is InChI=1S/C23H30N2O2/c1-20(27-22-13-6-3-7-14-22)23(26)25-17-9-16-24(18-19-25)15-8-12-21-10-4-2-5-11-21/h2-7,10-11,13-14,20H,8-9,12,15-19H2,1H3/t20-/m1/s1. The lowest BCUT2D eigenvalue weighted by Gasteiger charge is -2.25. The highest BCUT2D eigenvalue weighted by atomic mass is 16.5. The third-order valence-corrected chi connectivity index (χ3v) is 5.09. The van der Waals surface area contributed by atoms with E-state index in [-0.39, 0.29) is 5.91 Å². The van der Waals surface area contributed by atoms with E-state index in [1.165, 1.54) is 5.56 Å². The van der Waals surface area contributed by atoms with Gasteiger partial charge in [-0.1, -0.05) is 48.5 Å². The number of hydrogen-bond donors (Lipinski definition) is 0. The lowest BCUT2D eigenvalue weighted by Crippen LogP contribution is -2.42. The fraction of sp³-hybridized carbons (Fsp3) is 0.435. The van der Waals surface area contributed by atoms with E-state index in [1.807, 2.05) is 42.2 Å². The maximum absolute atomic E-state index is 12.7. The van der Waals surface area contributed by atoms with E-state index >= 15 is 0 Å². The van der Waals surface area contributed by atoms with Crippen molar-refractivity contribution in [3.63, 3.8) is 0 Å². The molecule has 1 aliphatic rings. The molecule has 1 heterocycles. The van der Waals surface area contributed by atoms with Gasteiger partial charge in [-0.25, -0.2) is 0 Å². The number of nitrogens with zero attached hydrogens (tertiary/aromatic N) is 2. The van der Waals surface area contributed by atoms with Gasteiger partial charge in [0.05, 0.1) is 0 Å². The molecule has 0 bridgehead atoms. The zero-order chi connectivity index (χ0) is 18.9. The van der Waals surface area contributed by atoms with Crippen LogP contribution in [0.3, 0.4) is 0 Å². The van der Waals surface area contributed by atoms with Gasteiger partial charge in [-0.05, 0) is 57.0 Å². The number of ether oxygens (including phenoxy) is 1. The van der Waals surface area contributed by atoms with Crippen LogP contribution >= 0.6 is 0 Å². The van der Waals surface area contributed by atoms with Crippen molar-refractivity contribution in [1.29, 1.82) is 0 Å². The van der Waals surface area contributed by atoms with E-state index in [9.17, 15) is 4.79 Å². The summed E-state index contributed by atoms with van der Waals surface area (Å²) in [6.07, 6.45) is 2.85. The summed E-state index contributed by atoms with van der Waals surface area (Å²) >= 11 is 0. The van der Waals surface area contributed by atoms with Crippen LogP contribution in [0.25, 0.3) is 0 Å². The minimum absolute atomic E-state index is 0.0880. The Morgan fingerprint density at radius 3 is 2.41 bits per heavy atom. The van der Waals surface area contributed by atoms with Crippen LogP contribution in [-0.2, 0) is 11.2 Å². The average Bonchev–Trinajstić information content (AvgIpc) is 2.95. The Balaban J connectivity index is 1.42. The maximum Gasteiger partial charge on any atom is 0.263 e. The molecule has 4 heteroatoms. The van der Waals surface area contributed by atoms with Crippen LogP contribution in [0.1, 0.15) is 25.3 Å². The van der Waals surface area contributed by atoms with Crippen LogP contribution in [0.2, 0.25) is 0 Å². The smallest absolute Gasteiger partial charge is 0.263 e. The number of hydrogen-bond acceptors (Lipinski definition) is 3. The van der Waals surface area contributed by atoms with Crippen molar-refractivity contribution >= 4 is 5.91 Å². The van der Waals surface area contributed by atoms with E-state index in [0.29, 0.717) is 0 Å². The van der Waals surface area contributed by atoms with Gasteiger partial charge in [0, 0.05) is 19.6 Å². The molecule has 0 saturated carbocycles. The lowest BCUT2D eigenvalue weighted by molar-refractivity contribution is -0.137. The molecule has 0 N–H and O–H groups in total. The Bertz CT molecular complexity index is 690. The van der Waals surface area contributed by atoms with Crippen molar-refractivity contribution in [3.05, 3.63) is 66.2 Å². The molecule has 1 aliphatic heterocycles. The van der Waals surface area contributed by atoms with Crippen LogP contribution in [0.4, 0.5) is 0 Å². The number of benzene rings is 2. The summed E-state index contributed by atoms with van der Waals surface area (Å²) in [5.41, 5.74) is 1.40. The minimum atomic E-state index is -0.447. The van der Waals surface area contributed by atoms with E-state index in [2.05, 4.69) is 35.2 Å². The first-order valence-corrected chi connectivity index (χ1v) is 9.99. The normalized spacial score (nSPS) is 16.6. The number of carbonyl (C=O) groups excluding carboxylic acids is 1. The van der Waals surface area contributed by atoms with Crippen molar-refractivity contribution in [2.24, 2.45) is 0 Å². The summed E-state index contributed by atoms with van der Waals surface area (Å²) in [4.78, 5) is 17.2. The highest BCUT2D eigenvalue weighted by Gasteiger charge is 2.24. The van der Waals surface area contributed by atoms with Gasteiger partial charge < -0.3 is 14.5 Å². The highest BCUT2D eigenvalue weighted by molar-refractivity contribution is 5.81. The zero-order valence-electron chi connectivity index (χ0n) is 16.2. The summed E-state index contributed by atoms with van der Waals surface area (Å²) in [5, 5.41) is 0. The maximum atomic E-state index is 12.7. The fourth-order valence-electron chi connectivity index (χ4n) is 3.58. The van der Waals surface area contributed by atoms with E-state index in [4.69, 9.17) is 4.74 Å². The van der Waals surface area contributed by atoms with Gasteiger partial charge in [-0.15, -0.1) is 0 Å². The van der Waals surface area contributed by atoms with Crippen molar-refractivity contribution in [1.82, 2.24) is 9.80 Å². The van der Waals surface area contributed by atoms with Crippen LogP contribution in [0, 0.1) is 0 Å². The molecular formula is C23H30N2O2. The van der Waals surface area contributed by atoms with Crippen molar-refractivity contribution < 1.29 is 9.53 Å².